The molecule has 2 aromatic rings. The predicted octanol–water partition coefficient (Wildman–Crippen LogP) is 1.98. The molecule has 0 spiro atoms. The topological polar surface area (TPSA) is 73.2 Å². The number of hydrogen-bond donors (Lipinski definition) is 1. The Balaban J connectivity index is 2.00. The van der Waals surface area contributed by atoms with Crippen molar-refractivity contribution in [3.63, 3.8) is 0 Å². The van der Waals surface area contributed by atoms with E-state index < -0.39 is 0 Å². The second kappa shape index (κ2) is 8.12. The maximum absolute atomic E-state index is 12.2. The van der Waals surface area contributed by atoms with Crippen LogP contribution < -0.4 is 15.6 Å². The highest BCUT2D eigenvalue weighted by Crippen LogP contribution is 2.11. The van der Waals surface area contributed by atoms with Crippen molar-refractivity contribution in [1.29, 1.82) is 0 Å². The van der Waals surface area contributed by atoms with E-state index in [1.807, 2.05) is 31.2 Å². The molecule has 1 aromatic carbocycles. The Bertz CT molecular complexity index is 708. The van der Waals surface area contributed by atoms with Gasteiger partial charge in [-0.3, -0.25) is 9.59 Å². The van der Waals surface area contributed by atoms with Crippen LogP contribution in [0.4, 0.5) is 0 Å². The number of ether oxygens (including phenoxy) is 1. The molecule has 0 atom stereocenters. The first-order valence-corrected chi connectivity index (χ1v) is 7.63. The zero-order chi connectivity index (χ0) is 16.7. The van der Waals surface area contributed by atoms with Crippen molar-refractivity contribution >= 4 is 5.91 Å². The summed E-state index contributed by atoms with van der Waals surface area (Å²) in [5, 5.41) is 6.92. The maximum atomic E-state index is 12.2. The van der Waals surface area contributed by atoms with Gasteiger partial charge in [0.2, 0.25) is 0 Å². The van der Waals surface area contributed by atoms with Crippen LogP contribution in [0.3, 0.4) is 0 Å². The Morgan fingerprint density at radius 1 is 1.22 bits per heavy atom. The molecule has 0 aliphatic heterocycles. The van der Waals surface area contributed by atoms with Crippen LogP contribution in [0.5, 0.6) is 5.75 Å². The van der Waals surface area contributed by atoms with Crippen LogP contribution in [-0.4, -0.2) is 22.8 Å². The summed E-state index contributed by atoms with van der Waals surface area (Å²) >= 11 is 0. The number of aryl methyl sites for hydroxylation is 1. The van der Waals surface area contributed by atoms with Crippen LogP contribution >= 0.6 is 0 Å². The fourth-order valence-electron chi connectivity index (χ4n) is 2.05. The smallest absolute Gasteiger partial charge is 0.271 e. The van der Waals surface area contributed by atoms with Crippen LogP contribution in [0, 0.1) is 0 Å². The van der Waals surface area contributed by atoms with E-state index in [0.717, 1.165) is 24.2 Å². The lowest BCUT2D eigenvalue weighted by Crippen LogP contribution is -2.29. The van der Waals surface area contributed by atoms with Crippen LogP contribution in [0.15, 0.2) is 41.2 Å². The number of nitrogens with one attached hydrogen (secondary N) is 1. The molecular formula is C17H21N3O3. The number of benzene rings is 1. The van der Waals surface area contributed by atoms with Gasteiger partial charge < -0.3 is 10.1 Å². The van der Waals surface area contributed by atoms with Gasteiger partial charge in [0.15, 0.2) is 0 Å². The molecule has 0 aliphatic carbocycles. The minimum Gasteiger partial charge on any atom is -0.497 e. The van der Waals surface area contributed by atoms with E-state index in [4.69, 9.17) is 4.74 Å². The molecule has 6 nitrogen and oxygen atoms in total. The third-order valence-corrected chi connectivity index (χ3v) is 3.43. The number of unbranched alkanes of at least 4 members (excludes halogenated alkanes) is 1. The van der Waals surface area contributed by atoms with Crippen molar-refractivity contribution in [2.75, 3.05) is 7.11 Å². The summed E-state index contributed by atoms with van der Waals surface area (Å²) < 4.78 is 6.43. The van der Waals surface area contributed by atoms with E-state index in [1.165, 1.54) is 16.8 Å². The number of hydrogen-bond acceptors (Lipinski definition) is 4. The Kier molecular flexibility index (Phi) is 5.91. The van der Waals surface area contributed by atoms with E-state index in [9.17, 15) is 9.59 Å². The summed E-state index contributed by atoms with van der Waals surface area (Å²) in [7, 11) is 1.61. The van der Waals surface area contributed by atoms with Gasteiger partial charge in [0.1, 0.15) is 11.4 Å². The second-order valence-electron chi connectivity index (χ2n) is 5.16. The Morgan fingerprint density at radius 3 is 2.61 bits per heavy atom. The number of nitrogens with zero attached hydrogens (tertiary/aromatic N) is 2. The summed E-state index contributed by atoms with van der Waals surface area (Å²) in [6.45, 7) is 2.95. The first-order valence-electron chi connectivity index (χ1n) is 7.63. The second-order valence-corrected chi connectivity index (χ2v) is 5.16. The van der Waals surface area contributed by atoms with Gasteiger partial charge in [-0.1, -0.05) is 25.5 Å². The highest BCUT2D eigenvalue weighted by Gasteiger charge is 2.09. The molecule has 0 fully saturated rings. The maximum Gasteiger partial charge on any atom is 0.271 e. The van der Waals surface area contributed by atoms with Gasteiger partial charge in [-0.05, 0) is 30.2 Å². The van der Waals surface area contributed by atoms with Gasteiger partial charge in [0.25, 0.3) is 11.5 Å². The van der Waals surface area contributed by atoms with Crippen molar-refractivity contribution < 1.29 is 9.53 Å². The lowest BCUT2D eigenvalue weighted by Gasteiger charge is -2.08. The van der Waals surface area contributed by atoms with Gasteiger partial charge in [-0.25, -0.2) is 4.68 Å². The van der Waals surface area contributed by atoms with Crippen molar-refractivity contribution in [3.8, 4) is 5.75 Å². The fraction of sp³-hybridized carbons (Fsp3) is 0.353. The summed E-state index contributed by atoms with van der Waals surface area (Å²) in [6, 6.07) is 10.3. The minimum atomic E-state index is -0.300. The molecule has 0 radical (unpaired) electrons. The first-order chi connectivity index (χ1) is 11.1. The first kappa shape index (κ1) is 16.7. The number of methoxy groups -OCH3 is 1. The van der Waals surface area contributed by atoms with Crippen molar-refractivity contribution in [2.45, 2.75) is 32.9 Å². The van der Waals surface area contributed by atoms with Crippen LogP contribution in [0.2, 0.25) is 0 Å². The number of amides is 1. The molecule has 0 aliphatic rings. The Hall–Kier alpha value is -2.63. The average Bonchev–Trinajstić information content (AvgIpc) is 2.59. The quantitative estimate of drug-likeness (QED) is 0.848. The molecule has 6 heteroatoms. The number of carbonyl (C=O) groups is 1. The summed E-state index contributed by atoms with van der Waals surface area (Å²) in [5.41, 5.74) is 1.01. The predicted molar refractivity (Wildman–Crippen MR) is 87.6 cm³/mol. The lowest BCUT2D eigenvalue weighted by molar-refractivity contribution is 0.0943. The van der Waals surface area contributed by atoms with Gasteiger partial charge in [-0.2, -0.15) is 5.10 Å². The minimum absolute atomic E-state index is 0.190. The highest BCUT2D eigenvalue weighted by molar-refractivity contribution is 5.91. The fourth-order valence-corrected chi connectivity index (χ4v) is 2.05. The van der Waals surface area contributed by atoms with Gasteiger partial charge in [0.05, 0.1) is 7.11 Å². The standard InChI is InChI=1S/C17H21N3O3/c1-3-4-11-20-16(21)10-9-15(19-20)17(22)18-12-13-5-7-14(23-2)8-6-13/h5-10H,3-4,11-12H2,1-2H3,(H,18,22). The lowest BCUT2D eigenvalue weighted by atomic mass is 10.2. The van der Waals surface area contributed by atoms with Crippen LogP contribution in [0.1, 0.15) is 35.8 Å². The number of rotatable bonds is 7. The largest absolute Gasteiger partial charge is 0.497 e. The molecule has 0 saturated heterocycles. The monoisotopic (exact) mass is 315 g/mol. The molecule has 0 saturated carbocycles. The number of carbonyl (C=O) groups excluding carboxylic acids is 1. The Labute approximate surface area is 135 Å². The van der Waals surface area contributed by atoms with Crippen molar-refractivity contribution in [2.24, 2.45) is 0 Å². The molecule has 1 aromatic heterocycles. The zero-order valence-electron chi connectivity index (χ0n) is 13.4. The van der Waals surface area contributed by atoms with E-state index in [0.29, 0.717) is 13.1 Å². The molecule has 1 heterocycles. The summed E-state index contributed by atoms with van der Waals surface area (Å²) in [5.74, 6) is 0.468. The molecule has 122 valence electrons. The van der Waals surface area contributed by atoms with E-state index >= 15 is 0 Å². The summed E-state index contributed by atoms with van der Waals surface area (Å²) in [4.78, 5) is 23.9. The highest BCUT2D eigenvalue weighted by atomic mass is 16.5. The molecule has 23 heavy (non-hydrogen) atoms. The van der Waals surface area contributed by atoms with E-state index in [-0.39, 0.29) is 17.2 Å². The number of aromatic nitrogens is 2. The van der Waals surface area contributed by atoms with E-state index in [1.54, 1.807) is 7.11 Å². The molecule has 1 amide bonds. The molecule has 2 rings (SSSR count). The van der Waals surface area contributed by atoms with Gasteiger partial charge in [-0.15, -0.1) is 0 Å². The molecule has 0 bridgehead atoms. The van der Waals surface area contributed by atoms with Crippen LogP contribution in [0.25, 0.3) is 0 Å². The van der Waals surface area contributed by atoms with Crippen molar-refractivity contribution in [1.82, 2.24) is 15.1 Å². The summed E-state index contributed by atoms with van der Waals surface area (Å²) in [6.07, 6.45) is 1.81. The average molecular weight is 315 g/mol. The van der Waals surface area contributed by atoms with Gasteiger partial charge in [0, 0.05) is 19.2 Å². The van der Waals surface area contributed by atoms with Crippen LogP contribution in [-0.2, 0) is 13.1 Å². The molecule has 0 unspecified atom stereocenters. The Morgan fingerprint density at radius 2 is 1.96 bits per heavy atom. The zero-order valence-corrected chi connectivity index (χ0v) is 13.4. The third-order valence-electron chi connectivity index (χ3n) is 3.43. The van der Waals surface area contributed by atoms with E-state index in [2.05, 4.69) is 10.4 Å². The normalized spacial score (nSPS) is 10.3. The van der Waals surface area contributed by atoms with Gasteiger partial charge >= 0.3 is 0 Å². The molecule has 1 N–H and O–H groups in total. The molecular weight excluding hydrogens is 294 g/mol. The third kappa shape index (κ3) is 4.67. The SMILES string of the molecule is CCCCn1nc(C(=O)NCc2ccc(OC)cc2)ccc1=O. The van der Waals surface area contributed by atoms with Crippen molar-refractivity contribution in [3.05, 3.63) is 58.0 Å².